The van der Waals surface area contributed by atoms with Crippen molar-refractivity contribution in [3.05, 3.63) is 60.7 Å². The number of nitrogens with one attached hydrogen (secondary N) is 1. The first-order valence-electron chi connectivity index (χ1n) is 8.45. The zero-order valence-corrected chi connectivity index (χ0v) is 13.9. The molecule has 0 saturated carbocycles. The number of furan rings is 1. The summed E-state index contributed by atoms with van der Waals surface area (Å²) in [4.78, 5) is 21.0. The third-order valence-electron chi connectivity index (χ3n) is 4.51. The topological polar surface area (TPSA) is 61.6 Å². The average molecular weight is 336 g/mol. The van der Waals surface area contributed by atoms with Crippen LogP contribution in [0.2, 0.25) is 0 Å². The second-order valence-electron chi connectivity index (χ2n) is 6.06. The summed E-state index contributed by atoms with van der Waals surface area (Å²) in [6.07, 6.45) is 3.43. The van der Waals surface area contributed by atoms with Gasteiger partial charge in [0.05, 0.1) is 24.0 Å². The molecule has 1 saturated heterocycles. The predicted molar refractivity (Wildman–Crippen MR) is 96.5 cm³/mol. The summed E-state index contributed by atoms with van der Waals surface area (Å²) < 4.78 is 5.24. The number of para-hydroxylation sites is 1. The van der Waals surface area contributed by atoms with Crippen molar-refractivity contribution in [2.24, 2.45) is 0 Å². The highest BCUT2D eigenvalue weighted by atomic mass is 16.3. The molecule has 25 heavy (non-hydrogen) atoms. The summed E-state index contributed by atoms with van der Waals surface area (Å²) in [7, 11) is 0. The van der Waals surface area contributed by atoms with Crippen LogP contribution in [0.4, 0.5) is 10.5 Å². The number of benzene rings is 1. The molecule has 2 amide bonds. The van der Waals surface area contributed by atoms with Crippen LogP contribution in [0.5, 0.6) is 0 Å². The van der Waals surface area contributed by atoms with E-state index in [0.29, 0.717) is 19.6 Å². The maximum absolute atomic E-state index is 12.3. The molecule has 1 aromatic carbocycles. The maximum atomic E-state index is 12.3. The molecule has 0 spiro atoms. The lowest BCUT2D eigenvalue weighted by Crippen LogP contribution is -2.51. The molecule has 2 aromatic heterocycles. The summed E-state index contributed by atoms with van der Waals surface area (Å²) in [5.74, 6) is 0.758. The molecule has 128 valence electrons. The van der Waals surface area contributed by atoms with E-state index in [1.807, 2.05) is 29.3 Å². The minimum absolute atomic E-state index is 0.0490. The lowest BCUT2D eigenvalue weighted by molar-refractivity contribution is 0.193. The number of hydrogen-bond donors (Lipinski definition) is 1. The number of carbonyl (C=O) groups excluding carboxylic acids is 1. The normalized spacial score (nSPS) is 14.7. The van der Waals surface area contributed by atoms with Gasteiger partial charge in [-0.3, -0.25) is 4.98 Å². The quantitative estimate of drug-likeness (QED) is 0.799. The van der Waals surface area contributed by atoms with Crippen molar-refractivity contribution in [2.45, 2.75) is 6.54 Å². The standard InChI is InChI=1S/C19H20N4O2/c24-19(21-14-16-6-3-13-25-16)23-11-9-22(10-12-23)17-7-1-4-15-5-2-8-20-18(15)17/h1-8,13H,9-12,14H2,(H,21,24). The Kier molecular flexibility index (Phi) is 4.24. The van der Waals surface area contributed by atoms with Gasteiger partial charge in [0.1, 0.15) is 5.76 Å². The number of fused-ring (bicyclic) bond motifs is 1. The number of urea groups is 1. The van der Waals surface area contributed by atoms with Crippen LogP contribution < -0.4 is 10.2 Å². The van der Waals surface area contributed by atoms with Crippen LogP contribution in [-0.4, -0.2) is 42.1 Å². The van der Waals surface area contributed by atoms with Gasteiger partial charge >= 0.3 is 6.03 Å². The first kappa shape index (κ1) is 15.5. The average Bonchev–Trinajstić information content (AvgIpc) is 3.19. The molecule has 6 heteroatoms. The Balaban J connectivity index is 1.38. The van der Waals surface area contributed by atoms with Gasteiger partial charge in [0.2, 0.25) is 0 Å². The van der Waals surface area contributed by atoms with Crippen LogP contribution in [0.15, 0.2) is 59.3 Å². The predicted octanol–water partition coefficient (Wildman–Crippen LogP) is 2.86. The second-order valence-corrected chi connectivity index (χ2v) is 6.06. The fraction of sp³-hybridized carbons (Fsp3) is 0.263. The van der Waals surface area contributed by atoms with Crippen molar-refractivity contribution in [2.75, 3.05) is 31.1 Å². The zero-order valence-electron chi connectivity index (χ0n) is 13.9. The molecule has 1 aliphatic heterocycles. The van der Waals surface area contributed by atoms with E-state index in [1.54, 1.807) is 6.26 Å². The molecule has 3 aromatic rings. The van der Waals surface area contributed by atoms with Gasteiger partial charge in [-0.1, -0.05) is 18.2 Å². The minimum Gasteiger partial charge on any atom is -0.467 e. The van der Waals surface area contributed by atoms with Crippen molar-refractivity contribution >= 4 is 22.6 Å². The summed E-state index contributed by atoms with van der Waals surface area (Å²) in [6, 6.07) is 13.9. The summed E-state index contributed by atoms with van der Waals surface area (Å²) >= 11 is 0. The number of hydrogen-bond acceptors (Lipinski definition) is 4. The number of piperazine rings is 1. The van der Waals surface area contributed by atoms with Crippen LogP contribution >= 0.6 is 0 Å². The largest absolute Gasteiger partial charge is 0.467 e. The van der Waals surface area contributed by atoms with Gasteiger partial charge in [-0.05, 0) is 24.3 Å². The molecule has 4 rings (SSSR count). The SMILES string of the molecule is O=C(NCc1ccco1)N1CCN(c2cccc3cccnc23)CC1. The molecule has 0 unspecified atom stereocenters. The Morgan fingerprint density at radius 2 is 1.92 bits per heavy atom. The van der Waals surface area contributed by atoms with Gasteiger partial charge in [0, 0.05) is 37.8 Å². The van der Waals surface area contributed by atoms with E-state index in [0.717, 1.165) is 35.4 Å². The van der Waals surface area contributed by atoms with Gasteiger partial charge in [0.15, 0.2) is 0 Å². The van der Waals surface area contributed by atoms with E-state index >= 15 is 0 Å². The second kappa shape index (κ2) is 6.84. The van der Waals surface area contributed by atoms with E-state index in [9.17, 15) is 4.79 Å². The van der Waals surface area contributed by atoms with Crippen LogP contribution in [0.3, 0.4) is 0 Å². The molecule has 0 bridgehead atoms. The molecule has 1 fully saturated rings. The maximum Gasteiger partial charge on any atom is 0.317 e. The lowest BCUT2D eigenvalue weighted by Gasteiger charge is -2.36. The number of pyridine rings is 1. The molecular formula is C19H20N4O2. The highest BCUT2D eigenvalue weighted by molar-refractivity contribution is 5.90. The number of amides is 2. The van der Waals surface area contributed by atoms with Crippen molar-refractivity contribution in [3.8, 4) is 0 Å². The smallest absolute Gasteiger partial charge is 0.317 e. The van der Waals surface area contributed by atoms with E-state index < -0.39 is 0 Å². The third kappa shape index (κ3) is 3.28. The van der Waals surface area contributed by atoms with E-state index in [4.69, 9.17) is 4.42 Å². The van der Waals surface area contributed by atoms with E-state index in [1.165, 1.54) is 0 Å². The van der Waals surface area contributed by atoms with Crippen LogP contribution in [0.1, 0.15) is 5.76 Å². The molecule has 0 atom stereocenters. The Labute approximate surface area is 146 Å². The highest BCUT2D eigenvalue weighted by Crippen LogP contribution is 2.25. The van der Waals surface area contributed by atoms with Crippen molar-refractivity contribution in [1.82, 2.24) is 15.2 Å². The number of anilines is 1. The van der Waals surface area contributed by atoms with Gasteiger partial charge in [0.25, 0.3) is 0 Å². The van der Waals surface area contributed by atoms with Gasteiger partial charge in [-0.15, -0.1) is 0 Å². The number of rotatable bonds is 3. The van der Waals surface area contributed by atoms with Crippen molar-refractivity contribution < 1.29 is 9.21 Å². The van der Waals surface area contributed by atoms with Gasteiger partial charge in [-0.2, -0.15) is 0 Å². The molecule has 0 aliphatic carbocycles. The van der Waals surface area contributed by atoms with Crippen LogP contribution in [0.25, 0.3) is 10.9 Å². The number of aromatic nitrogens is 1. The molecule has 3 heterocycles. The fourth-order valence-electron chi connectivity index (χ4n) is 3.18. The first-order chi connectivity index (χ1) is 12.3. The van der Waals surface area contributed by atoms with Crippen molar-refractivity contribution in [1.29, 1.82) is 0 Å². The monoisotopic (exact) mass is 336 g/mol. The van der Waals surface area contributed by atoms with E-state index in [2.05, 4.69) is 39.5 Å². The number of nitrogens with zero attached hydrogens (tertiary/aromatic N) is 3. The van der Waals surface area contributed by atoms with Crippen LogP contribution in [0, 0.1) is 0 Å². The Morgan fingerprint density at radius 3 is 2.72 bits per heavy atom. The molecule has 1 aliphatic rings. The van der Waals surface area contributed by atoms with E-state index in [-0.39, 0.29) is 6.03 Å². The summed E-state index contributed by atoms with van der Waals surface area (Å²) in [6.45, 7) is 3.38. The Morgan fingerprint density at radius 1 is 1.08 bits per heavy atom. The Bertz CT molecular complexity index is 850. The zero-order chi connectivity index (χ0) is 17.1. The molecule has 1 N–H and O–H groups in total. The van der Waals surface area contributed by atoms with Crippen LogP contribution in [-0.2, 0) is 6.54 Å². The third-order valence-corrected chi connectivity index (χ3v) is 4.51. The number of carbonyl (C=O) groups is 1. The van der Waals surface area contributed by atoms with Gasteiger partial charge < -0.3 is 19.5 Å². The summed E-state index contributed by atoms with van der Waals surface area (Å²) in [5.41, 5.74) is 2.15. The summed E-state index contributed by atoms with van der Waals surface area (Å²) in [5, 5.41) is 4.04. The highest BCUT2D eigenvalue weighted by Gasteiger charge is 2.22. The molecular weight excluding hydrogens is 316 g/mol. The van der Waals surface area contributed by atoms with Gasteiger partial charge in [-0.25, -0.2) is 4.79 Å². The minimum atomic E-state index is -0.0490. The Hall–Kier alpha value is -3.02. The first-order valence-corrected chi connectivity index (χ1v) is 8.45. The molecule has 6 nitrogen and oxygen atoms in total. The molecule has 0 radical (unpaired) electrons. The lowest BCUT2D eigenvalue weighted by atomic mass is 10.1. The fourth-order valence-corrected chi connectivity index (χ4v) is 3.18. The van der Waals surface area contributed by atoms with Crippen molar-refractivity contribution in [3.63, 3.8) is 0 Å².